The highest BCUT2D eigenvalue weighted by Gasteiger charge is 2.21. The number of rotatable bonds is 6. The fourth-order valence-electron chi connectivity index (χ4n) is 3.44. The van der Waals surface area contributed by atoms with Gasteiger partial charge in [-0.3, -0.25) is 9.36 Å². The van der Waals surface area contributed by atoms with E-state index in [1.54, 1.807) is 25.1 Å². The zero-order chi connectivity index (χ0) is 22.0. The smallest absolute Gasteiger partial charge is 0.354 e. The maximum Gasteiger partial charge on any atom is 0.354 e. The largest absolute Gasteiger partial charge is 0.422 e. The summed E-state index contributed by atoms with van der Waals surface area (Å²) >= 11 is 7.40. The minimum absolute atomic E-state index is 0.207. The molecule has 2 aromatic heterocycles. The molecule has 0 N–H and O–H groups in total. The minimum Gasteiger partial charge on any atom is -0.422 e. The molecular formula is C24H21ClN2O3S. The van der Waals surface area contributed by atoms with Gasteiger partial charge in [0, 0.05) is 5.02 Å². The molecule has 0 unspecified atom stereocenters. The Morgan fingerprint density at radius 1 is 1.16 bits per heavy atom. The van der Waals surface area contributed by atoms with Crippen LogP contribution in [-0.4, -0.2) is 15.5 Å². The van der Waals surface area contributed by atoms with E-state index in [9.17, 15) is 9.59 Å². The third kappa shape index (κ3) is 4.40. The Morgan fingerprint density at radius 3 is 2.61 bits per heavy atom. The molecule has 0 saturated heterocycles. The maximum atomic E-state index is 13.1. The van der Waals surface area contributed by atoms with Gasteiger partial charge in [-0.15, -0.1) is 11.3 Å². The molecule has 158 valence electrons. The van der Waals surface area contributed by atoms with Gasteiger partial charge in [0.25, 0.3) is 5.56 Å². The average Bonchev–Trinajstić information content (AvgIpc) is 3.10. The van der Waals surface area contributed by atoms with Crippen LogP contribution in [0.4, 0.5) is 0 Å². The van der Waals surface area contributed by atoms with Crippen molar-refractivity contribution < 1.29 is 9.53 Å². The number of hydrogen-bond donors (Lipinski definition) is 0. The van der Waals surface area contributed by atoms with Crippen LogP contribution in [-0.2, 0) is 13.0 Å². The van der Waals surface area contributed by atoms with E-state index in [0.717, 1.165) is 18.4 Å². The van der Waals surface area contributed by atoms with Crippen LogP contribution in [0.3, 0.4) is 0 Å². The average molecular weight is 453 g/mol. The summed E-state index contributed by atoms with van der Waals surface area (Å²) < 4.78 is 7.05. The molecule has 0 aliphatic carbocycles. The molecule has 0 atom stereocenters. The van der Waals surface area contributed by atoms with Crippen molar-refractivity contribution in [1.82, 2.24) is 9.55 Å². The summed E-state index contributed by atoms with van der Waals surface area (Å²) in [7, 11) is 0. The summed E-state index contributed by atoms with van der Waals surface area (Å²) in [6.07, 6.45) is 3.53. The topological polar surface area (TPSA) is 61.2 Å². The molecule has 5 nitrogen and oxygen atoms in total. The summed E-state index contributed by atoms with van der Waals surface area (Å²) in [5.74, 6) is -0.00778. The number of aryl methyl sites for hydroxylation is 2. The van der Waals surface area contributed by atoms with Crippen LogP contribution in [0, 0.1) is 6.92 Å². The van der Waals surface area contributed by atoms with Crippen LogP contribution >= 0.6 is 22.9 Å². The van der Waals surface area contributed by atoms with E-state index in [1.807, 2.05) is 30.3 Å². The van der Waals surface area contributed by atoms with Crippen LogP contribution in [0.25, 0.3) is 10.2 Å². The molecule has 0 fully saturated rings. The predicted octanol–water partition coefficient (Wildman–Crippen LogP) is 5.64. The number of thiophene rings is 1. The first-order valence-corrected chi connectivity index (χ1v) is 11.2. The molecule has 0 radical (unpaired) electrons. The van der Waals surface area contributed by atoms with Gasteiger partial charge >= 0.3 is 5.97 Å². The van der Waals surface area contributed by atoms with Gasteiger partial charge in [0.05, 0.1) is 18.3 Å². The Bertz CT molecular complexity index is 1310. The Balaban J connectivity index is 1.63. The van der Waals surface area contributed by atoms with E-state index in [0.29, 0.717) is 38.0 Å². The van der Waals surface area contributed by atoms with Gasteiger partial charge in [-0.05, 0) is 48.2 Å². The molecule has 4 rings (SSSR count). The predicted molar refractivity (Wildman–Crippen MR) is 125 cm³/mol. The van der Waals surface area contributed by atoms with E-state index in [-0.39, 0.29) is 5.56 Å². The summed E-state index contributed by atoms with van der Waals surface area (Å²) in [5, 5.41) is 1.02. The molecule has 0 amide bonds. The lowest BCUT2D eigenvalue weighted by Crippen LogP contribution is -2.21. The lowest BCUT2D eigenvalue weighted by molar-refractivity contribution is 0.0739. The Kier molecular flexibility index (Phi) is 6.20. The maximum absolute atomic E-state index is 13.1. The van der Waals surface area contributed by atoms with Crippen LogP contribution in [0.5, 0.6) is 5.75 Å². The first kappa shape index (κ1) is 21.3. The lowest BCUT2D eigenvalue weighted by Gasteiger charge is -2.07. The second kappa shape index (κ2) is 9.04. The van der Waals surface area contributed by atoms with E-state index >= 15 is 0 Å². The number of nitrogens with zero attached hydrogens (tertiary/aromatic N) is 2. The summed E-state index contributed by atoms with van der Waals surface area (Å²) in [6, 6.07) is 14.9. The van der Waals surface area contributed by atoms with Gasteiger partial charge in [-0.2, -0.15) is 0 Å². The van der Waals surface area contributed by atoms with Crippen molar-refractivity contribution in [1.29, 1.82) is 0 Å². The van der Waals surface area contributed by atoms with E-state index in [2.05, 4.69) is 11.9 Å². The van der Waals surface area contributed by atoms with Gasteiger partial charge in [0.1, 0.15) is 15.5 Å². The minimum atomic E-state index is -0.485. The van der Waals surface area contributed by atoms with Gasteiger partial charge in [-0.25, -0.2) is 9.78 Å². The monoisotopic (exact) mass is 452 g/mol. The van der Waals surface area contributed by atoms with Crippen molar-refractivity contribution in [2.45, 2.75) is 33.2 Å². The molecule has 0 spiro atoms. The molecule has 7 heteroatoms. The molecular weight excluding hydrogens is 432 g/mol. The first-order valence-electron chi connectivity index (χ1n) is 10.0. The number of benzene rings is 2. The van der Waals surface area contributed by atoms with Gasteiger partial charge in [0.2, 0.25) is 0 Å². The van der Waals surface area contributed by atoms with Crippen molar-refractivity contribution in [2.24, 2.45) is 0 Å². The number of esters is 1. The van der Waals surface area contributed by atoms with Crippen molar-refractivity contribution in [3.63, 3.8) is 0 Å². The van der Waals surface area contributed by atoms with Crippen LogP contribution in [0.1, 0.15) is 39.7 Å². The summed E-state index contributed by atoms with van der Waals surface area (Å²) in [6.45, 7) is 4.18. The molecule has 0 aliphatic rings. The van der Waals surface area contributed by atoms with Crippen molar-refractivity contribution in [2.75, 3.05) is 0 Å². The highest BCUT2D eigenvalue weighted by molar-refractivity contribution is 7.20. The van der Waals surface area contributed by atoms with Crippen LogP contribution < -0.4 is 10.3 Å². The molecule has 31 heavy (non-hydrogen) atoms. The molecule has 0 aliphatic heterocycles. The number of carbonyl (C=O) groups excluding carboxylic acids is 1. The first-order chi connectivity index (χ1) is 15.0. The van der Waals surface area contributed by atoms with Crippen molar-refractivity contribution in [3.05, 3.63) is 91.8 Å². The van der Waals surface area contributed by atoms with E-state index in [4.69, 9.17) is 16.3 Å². The Morgan fingerprint density at radius 2 is 1.90 bits per heavy atom. The highest BCUT2D eigenvalue weighted by atomic mass is 35.5. The zero-order valence-electron chi connectivity index (χ0n) is 17.2. The molecule has 0 bridgehead atoms. The quantitative estimate of drug-likeness (QED) is 0.280. The number of aromatic nitrogens is 2. The third-order valence-corrected chi connectivity index (χ3v) is 6.62. The highest BCUT2D eigenvalue weighted by Crippen LogP contribution is 2.28. The lowest BCUT2D eigenvalue weighted by atomic mass is 10.1. The zero-order valence-corrected chi connectivity index (χ0v) is 18.8. The fourth-order valence-corrected chi connectivity index (χ4v) is 4.65. The number of halogens is 1. The number of hydrogen-bond acceptors (Lipinski definition) is 5. The second-order valence-corrected chi connectivity index (χ2v) is 8.70. The summed E-state index contributed by atoms with van der Waals surface area (Å²) in [5.41, 5.74) is 2.40. The third-order valence-electron chi connectivity index (χ3n) is 5.07. The van der Waals surface area contributed by atoms with Gasteiger partial charge in [-0.1, -0.05) is 55.3 Å². The van der Waals surface area contributed by atoms with Gasteiger partial charge in [0.15, 0.2) is 0 Å². The van der Waals surface area contributed by atoms with E-state index < -0.39 is 5.97 Å². The second-order valence-electron chi connectivity index (χ2n) is 7.29. The fraction of sp³-hybridized carbons (Fsp3) is 0.208. The van der Waals surface area contributed by atoms with Crippen molar-refractivity contribution in [3.8, 4) is 5.75 Å². The standard InChI is InChI=1S/C24H21ClN2O3S/c1-3-6-16-9-11-18(12-10-16)30-24(29)21-15(2)20-22(31-21)26-14-27(23(20)28)13-17-7-4-5-8-19(17)25/h4-5,7-12,14H,3,6,13H2,1-2H3. The van der Waals surface area contributed by atoms with Crippen LogP contribution in [0.2, 0.25) is 5.02 Å². The van der Waals surface area contributed by atoms with Crippen LogP contribution in [0.15, 0.2) is 59.7 Å². The van der Waals surface area contributed by atoms with Gasteiger partial charge < -0.3 is 4.74 Å². The Hall–Kier alpha value is -2.96. The normalized spacial score (nSPS) is 11.1. The SMILES string of the molecule is CCCc1ccc(OC(=O)c2sc3ncn(Cc4ccccc4Cl)c(=O)c3c2C)cc1. The molecule has 0 saturated carbocycles. The Labute approximate surface area is 188 Å². The number of carbonyl (C=O) groups is 1. The van der Waals surface area contributed by atoms with Crippen molar-refractivity contribution >= 4 is 39.1 Å². The molecule has 2 aromatic carbocycles. The molecule has 4 aromatic rings. The van der Waals surface area contributed by atoms with E-state index in [1.165, 1.54) is 27.8 Å². The summed E-state index contributed by atoms with van der Waals surface area (Å²) in [4.78, 5) is 31.2. The number of fused-ring (bicyclic) bond motifs is 1. The number of ether oxygens (including phenoxy) is 1. The molecule has 2 heterocycles.